The van der Waals surface area contributed by atoms with Gasteiger partial charge in [0.1, 0.15) is 0 Å². The lowest BCUT2D eigenvalue weighted by molar-refractivity contribution is -0.134. The third-order valence-electron chi connectivity index (χ3n) is 4.02. The predicted molar refractivity (Wildman–Crippen MR) is 93.3 cm³/mol. The zero-order valence-corrected chi connectivity index (χ0v) is 14.3. The van der Waals surface area contributed by atoms with E-state index in [1.54, 1.807) is 18.2 Å². The zero-order valence-electron chi connectivity index (χ0n) is 12.8. The molecule has 0 saturated carbocycles. The van der Waals surface area contributed by atoms with Crippen molar-refractivity contribution in [3.8, 4) is 0 Å². The summed E-state index contributed by atoms with van der Waals surface area (Å²) in [6.45, 7) is 0.545. The monoisotopic (exact) mass is 365 g/mol. The van der Waals surface area contributed by atoms with Crippen molar-refractivity contribution in [2.45, 2.75) is 18.6 Å². The van der Waals surface area contributed by atoms with Gasteiger partial charge in [-0.25, -0.2) is 0 Å². The molecule has 0 unspecified atom stereocenters. The van der Waals surface area contributed by atoms with Crippen LogP contribution in [0.25, 0.3) is 0 Å². The first-order valence-electron chi connectivity index (χ1n) is 7.66. The van der Waals surface area contributed by atoms with Gasteiger partial charge < -0.3 is 15.2 Å². The Bertz CT molecular complexity index is 751. The van der Waals surface area contributed by atoms with Crippen LogP contribution in [0, 0.1) is 0 Å². The first-order chi connectivity index (χ1) is 11.6. The molecule has 2 aromatic rings. The second-order valence-electron chi connectivity index (χ2n) is 5.63. The highest BCUT2D eigenvalue weighted by Crippen LogP contribution is 2.28. The van der Waals surface area contributed by atoms with Crippen LogP contribution in [-0.2, 0) is 16.0 Å². The lowest BCUT2D eigenvalue weighted by Crippen LogP contribution is -2.36. The van der Waals surface area contributed by atoms with Gasteiger partial charge in [-0.15, -0.1) is 0 Å². The number of amides is 1. The second-order valence-corrected chi connectivity index (χ2v) is 6.47. The minimum Gasteiger partial charge on any atom is -0.387 e. The summed E-state index contributed by atoms with van der Waals surface area (Å²) in [5, 5.41) is 13.8. The Hall–Kier alpha value is -1.59. The zero-order chi connectivity index (χ0) is 17.1. The molecule has 3 rings (SSSR count). The smallest absolute Gasteiger partial charge is 0.253 e. The number of rotatable bonds is 4. The van der Waals surface area contributed by atoms with Crippen molar-refractivity contribution in [1.82, 2.24) is 5.32 Å². The number of aliphatic hydroxyl groups is 1. The quantitative estimate of drug-likeness (QED) is 0.872. The third-order valence-corrected chi connectivity index (χ3v) is 4.59. The van der Waals surface area contributed by atoms with Crippen LogP contribution in [0.3, 0.4) is 0 Å². The molecular formula is C18H17Cl2NO3. The van der Waals surface area contributed by atoms with Crippen molar-refractivity contribution < 1.29 is 14.6 Å². The highest BCUT2D eigenvalue weighted by atomic mass is 35.5. The molecule has 2 aromatic carbocycles. The van der Waals surface area contributed by atoms with E-state index in [0.29, 0.717) is 22.2 Å². The maximum Gasteiger partial charge on any atom is 0.253 e. The van der Waals surface area contributed by atoms with Crippen molar-refractivity contribution in [2.24, 2.45) is 0 Å². The number of ether oxygens (including phenoxy) is 1. The number of carbonyl (C=O) groups excluding carboxylic acids is 1. The number of hydrogen-bond acceptors (Lipinski definition) is 3. The Labute approximate surface area is 150 Å². The van der Waals surface area contributed by atoms with Crippen LogP contribution in [0.4, 0.5) is 0 Å². The van der Waals surface area contributed by atoms with Crippen molar-refractivity contribution in [3.63, 3.8) is 0 Å². The van der Waals surface area contributed by atoms with Gasteiger partial charge in [-0.1, -0.05) is 53.5 Å². The summed E-state index contributed by atoms with van der Waals surface area (Å²) in [6.07, 6.45) is -0.774. The van der Waals surface area contributed by atoms with Crippen molar-refractivity contribution in [1.29, 1.82) is 0 Å². The molecule has 0 aromatic heterocycles. The van der Waals surface area contributed by atoms with E-state index in [1.807, 2.05) is 24.3 Å². The van der Waals surface area contributed by atoms with Crippen molar-refractivity contribution >= 4 is 29.1 Å². The maximum absolute atomic E-state index is 12.4. The van der Waals surface area contributed by atoms with E-state index in [9.17, 15) is 9.90 Å². The number of fused-ring (bicyclic) bond motifs is 1. The van der Waals surface area contributed by atoms with Crippen LogP contribution in [0.2, 0.25) is 10.0 Å². The molecular weight excluding hydrogens is 349 g/mol. The van der Waals surface area contributed by atoms with Crippen molar-refractivity contribution in [2.75, 3.05) is 13.2 Å². The van der Waals surface area contributed by atoms with Gasteiger partial charge in [0, 0.05) is 22.2 Å². The molecule has 6 heteroatoms. The molecule has 126 valence electrons. The van der Waals surface area contributed by atoms with E-state index in [-0.39, 0.29) is 12.5 Å². The highest BCUT2D eigenvalue weighted by Gasteiger charge is 2.27. The molecule has 0 spiro atoms. The Morgan fingerprint density at radius 3 is 2.88 bits per heavy atom. The lowest BCUT2D eigenvalue weighted by atomic mass is 9.97. The molecule has 0 aliphatic carbocycles. The number of benzene rings is 2. The molecule has 1 amide bonds. The maximum atomic E-state index is 12.4. The summed E-state index contributed by atoms with van der Waals surface area (Å²) in [5.74, 6) is -0.272. The molecule has 0 saturated heterocycles. The summed E-state index contributed by atoms with van der Waals surface area (Å²) in [4.78, 5) is 12.4. The number of aliphatic hydroxyl groups excluding tert-OH is 1. The lowest BCUT2D eigenvalue weighted by Gasteiger charge is -2.25. The van der Waals surface area contributed by atoms with Gasteiger partial charge in [0.15, 0.2) is 6.10 Å². The van der Waals surface area contributed by atoms with E-state index in [1.165, 1.54) is 0 Å². The van der Waals surface area contributed by atoms with E-state index < -0.39 is 12.2 Å². The molecule has 1 aliphatic rings. The Kier molecular flexibility index (Phi) is 5.41. The summed E-state index contributed by atoms with van der Waals surface area (Å²) in [6, 6.07) is 12.6. The first kappa shape index (κ1) is 17.2. The Morgan fingerprint density at radius 2 is 2.08 bits per heavy atom. The van der Waals surface area contributed by atoms with Gasteiger partial charge in [-0.05, 0) is 29.7 Å². The highest BCUT2D eigenvalue weighted by molar-refractivity contribution is 6.35. The fraction of sp³-hybridized carbons (Fsp3) is 0.278. The second kappa shape index (κ2) is 7.53. The molecule has 1 aliphatic heterocycles. The van der Waals surface area contributed by atoms with Gasteiger partial charge in [0.25, 0.3) is 5.91 Å². The molecule has 0 bridgehead atoms. The van der Waals surface area contributed by atoms with E-state index in [4.69, 9.17) is 27.9 Å². The largest absolute Gasteiger partial charge is 0.387 e. The van der Waals surface area contributed by atoms with Gasteiger partial charge in [0.2, 0.25) is 0 Å². The summed E-state index contributed by atoms with van der Waals surface area (Å²) in [7, 11) is 0. The number of hydrogen-bond donors (Lipinski definition) is 2. The molecule has 2 atom stereocenters. The normalized spacial score (nSPS) is 17.9. The number of halogens is 2. The van der Waals surface area contributed by atoms with Gasteiger partial charge in [0.05, 0.1) is 12.7 Å². The standard InChI is InChI=1S/C18H17Cl2NO3/c19-12-5-6-14(15(20)9-12)16(22)10-21-18(23)17-13-4-2-1-3-11(13)7-8-24-17/h1-6,9,16-17,22H,7-8,10H2,(H,21,23)/t16-,17+/m1/s1. The number of nitrogens with one attached hydrogen (secondary N) is 1. The predicted octanol–water partition coefficient (Wildman–Crippen LogP) is 3.46. The summed E-state index contributed by atoms with van der Waals surface area (Å²) in [5.41, 5.74) is 2.51. The van der Waals surface area contributed by atoms with E-state index in [0.717, 1.165) is 17.5 Å². The van der Waals surface area contributed by atoms with Crippen LogP contribution in [0.15, 0.2) is 42.5 Å². The summed E-state index contributed by atoms with van der Waals surface area (Å²) >= 11 is 11.9. The van der Waals surface area contributed by atoms with Crippen LogP contribution in [-0.4, -0.2) is 24.2 Å². The summed E-state index contributed by atoms with van der Waals surface area (Å²) < 4.78 is 5.61. The van der Waals surface area contributed by atoms with Gasteiger partial charge >= 0.3 is 0 Å². The van der Waals surface area contributed by atoms with Crippen LogP contribution < -0.4 is 5.32 Å². The fourth-order valence-corrected chi connectivity index (χ4v) is 3.32. The SMILES string of the molecule is O=C(NC[C@@H](O)c1ccc(Cl)cc1Cl)[C@H]1OCCc2ccccc21. The molecule has 0 fully saturated rings. The minimum absolute atomic E-state index is 0.0439. The molecule has 0 radical (unpaired) electrons. The van der Waals surface area contributed by atoms with Gasteiger partial charge in [-0.2, -0.15) is 0 Å². The fourth-order valence-electron chi connectivity index (χ4n) is 2.78. The average Bonchev–Trinajstić information content (AvgIpc) is 2.59. The van der Waals surface area contributed by atoms with E-state index >= 15 is 0 Å². The van der Waals surface area contributed by atoms with E-state index in [2.05, 4.69) is 5.32 Å². The first-order valence-corrected chi connectivity index (χ1v) is 8.42. The minimum atomic E-state index is -0.919. The average molecular weight is 366 g/mol. The topological polar surface area (TPSA) is 58.6 Å². The van der Waals surface area contributed by atoms with Crippen LogP contribution in [0.5, 0.6) is 0 Å². The van der Waals surface area contributed by atoms with Crippen molar-refractivity contribution in [3.05, 3.63) is 69.2 Å². The Morgan fingerprint density at radius 1 is 1.29 bits per heavy atom. The molecule has 2 N–H and O–H groups in total. The number of carbonyl (C=O) groups is 1. The van der Waals surface area contributed by atoms with Crippen LogP contribution in [0.1, 0.15) is 28.9 Å². The van der Waals surface area contributed by atoms with Gasteiger partial charge in [-0.3, -0.25) is 4.79 Å². The molecule has 1 heterocycles. The third kappa shape index (κ3) is 3.73. The molecule has 4 nitrogen and oxygen atoms in total. The van der Waals surface area contributed by atoms with Crippen LogP contribution >= 0.6 is 23.2 Å². The molecule has 24 heavy (non-hydrogen) atoms. The Balaban J connectivity index is 1.66.